The minimum absolute atomic E-state index is 0.917. The predicted octanol–water partition coefficient (Wildman–Crippen LogP) is 3.84. The predicted molar refractivity (Wildman–Crippen MR) is 64.5 cm³/mol. The Bertz CT molecular complexity index is 126. The first-order valence-electron chi connectivity index (χ1n) is 6.36. The Morgan fingerprint density at radius 1 is 0.786 bits per heavy atom. The van der Waals surface area contributed by atoms with Gasteiger partial charge in [-0.25, -0.2) is 4.31 Å². The third-order valence-electron chi connectivity index (χ3n) is 3.51. The molecule has 0 amide bonds. The fourth-order valence-electron chi connectivity index (χ4n) is 2.63. The minimum Gasteiger partial charge on any atom is -0.248 e. The van der Waals surface area contributed by atoms with Gasteiger partial charge >= 0.3 is 0 Å². The molecule has 2 fully saturated rings. The monoisotopic (exact) mass is 213 g/mol. The van der Waals surface area contributed by atoms with Crippen molar-refractivity contribution < 1.29 is 0 Å². The van der Waals surface area contributed by atoms with Crippen LogP contribution in [0.2, 0.25) is 0 Å². The molecule has 2 rings (SSSR count). The molecule has 2 aliphatic rings. The Balaban J connectivity index is 1.83. The van der Waals surface area contributed by atoms with Gasteiger partial charge in [-0.1, -0.05) is 44.1 Å². The Morgan fingerprint density at radius 3 is 2.29 bits per heavy atom. The standard InChI is InChI=1S/C12H23NS/c1-2-5-9-12(8-4-1)13-10-6-3-7-11-14-13/h12H,1-11H2. The summed E-state index contributed by atoms with van der Waals surface area (Å²) in [5, 5.41) is 0. The van der Waals surface area contributed by atoms with Crippen molar-refractivity contribution in [2.24, 2.45) is 0 Å². The lowest BCUT2D eigenvalue weighted by molar-refractivity contribution is 0.318. The van der Waals surface area contributed by atoms with E-state index in [9.17, 15) is 0 Å². The molecule has 0 radical (unpaired) electrons. The van der Waals surface area contributed by atoms with Gasteiger partial charge in [0.2, 0.25) is 0 Å². The molecule has 1 nitrogen and oxygen atoms in total. The maximum Gasteiger partial charge on any atom is 0.0202 e. The molecule has 0 atom stereocenters. The lowest BCUT2D eigenvalue weighted by Crippen LogP contribution is -2.29. The topological polar surface area (TPSA) is 3.24 Å². The number of hydrogen-bond acceptors (Lipinski definition) is 2. The highest BCUT2D eigenvalue weighted by Gasteiger charge is 2.21. The van der Waals surface area contributed by atoms with Gasteiger partial charge in [0, 0.05) is 18.3 Å². The summed E-state index contributed by atoms with van der Waals surface area (Å²) in [6, 6.07) is 0.917. The molecule has 0 aromatic heterocycles. The molecule has 0 bridgehead atoms. The molecular weight excluding hydrogens is 190 g/mol. The molecule has 1 aliphatic carbocycles. The van der Waals surface area contributed by atoms with Gasteiger partial charge in [0.15, 0.2) is 0 Å². The zero-order valence-corrected chi connectivity index (χ0v) is 10.0. The highest BCUT2D eigenvalue weighted by atomic mass is 32.2. The van der Waals surface area contributed by atoms with Gasteiger partial charge in [0.25, 0.3) is 0 Å². The summed E-state index contributed by atoms with van der Waals surface area (Å²) in [5.74, 6) is 1.37. The third-order valence-corrected chi connectivity index (χ3v) is 4.80. The molecule has 0 unspecified atom stereocenters. The summed E-state index contributed by atoms with van der Waals surface area (Å²) in [6.07, 6.45) is 13.2. The Hall–Kier alpha value is 0.310. The van der Waals surface area contributed by atoms with E-state index in [0.717, 1.165) is 6.04 Å². The Labute approximate surface area is 92.8 Å². The van der Waals surface area contributed by atoms with E-state index in [1.807, 2.05) is 0 Å². The van der Waals surface area contributed by atoms with Crippen LogP contribution < -0.4 is 0 Å². The second-order valence-electron chi connectivity index (χ2n) is 4.68. The molecule has 0 spiro atoms. The number of nitrogens with zero attached hydrogens (tertiary/aromatic N) is 1. The molecule has 0 N–H and O–H groups in total. The number of hydrogen-bond donors (Lipinski definition) is 0. The summed E-state index contributed by atoms with van der Waals surface area (Å²) in [5.41, 5.74) is 0. The molecule has 1 saturated carbocycles. The van der Waals surface area contributed by atoms with Gasteiger partial charge in [-0.2, -0.15) is 0 Å². The van der Waals surface area contributed by atoms with Crippen LogP contribution in [0.4, 0.5) is 0 Å². The summed E-state index contributed by atoms with van der Waals surface area (Å²) >= 11 is 2.13. The van der Waals surface area contributed by atoms with E-state index in [1.54, 1.807) is 0 Å². The second-order valence-corrected chi connectivity index (χ2v) is 5.82. The quantitative estimate of drug-likeness (QED) is 0.481. The van der Waals surface area contributed by atoms with Crippen LogP contribution in [0.15, 0.2) is 0 Å². The van der Waals surface area contributed by atoms with Crippen molar-refractivity contribution in [3.05, 3.63) is 0 Å². The molecule has 1 saturated heterocycles. The third kappa shape index (κ3) is 3.16. The van der Waals surface area contributed by atoms with Gasteiger partial charge in [-0.15, -0.1) is 0 Å². The summed E-state index contributed by atoms with van der Waals surface area (Å²) in [6.45, 7) is 1.36. The largest absolute Gasteiger partial charge is 0.248 e. The van der Waals surface area contributed by atoms with Crippen LogP contribution >= 0.6 is 11.9 Å². The smallest absolute Gasteiger partial charge is 0.0202 e. The lowest BCUT2D eigenvalue weighted by atomic mass is 10.1. The van der Waals surface area contributed by atoms with Gasteiger partial charge in [0.05, 0.1) is 0 Å². The maximum absolute atomic E-state index is 2.72. The Kier molecular flexibility index (Phi) is 4.65. The summed E-state index contributed by atoms with van der Waals surface area (Å²) < 4.78 is 2.72. The zero-order valence-electron chi connectivity index (χ0n) is 9.21. The molecule has 14 heavy (non-hydrogen) atoms. The van der Waals surface area contributed by atoms with Crippen molar-refractivity contribution >= 4 is 11.9 Å². The first-order chi connectivity index (χ1) is 6.97. The molecular formula is C12H23NS. The fourth-order valence-corrected chi connectivity index (χ4v) is 3.87. The molecule has 2 heteroatoms. The van der Waals surface area contributed by atoms with Gasteiger partial charge < -0.3 is 0 Å². The average molecular weight is 213 g/mol. The first-order valence-corrected chi connectivity index (χ1v) is 7.30. The Morgan fingerprint density at radius 2 is 1.50 bits per heavy atom. The molecule has 82 valence electrons. The fraction of sp³-hybridized carbons (Fsp3) is 1.00. The van der Waals surface area contributed by atoms with E-state index in [0.29, 0.717) is 0 Å². The minimum atomic E-state index is 0.917. The first kappa shape index (κ1) is 10.8. The van der Waals surface area contributed by atoms with E-state index in [4.69, 9.17) is 0 Å². The van der Waals surface area contributed by atoms with Crippen molar-refractivity contribution in [1.29, 1.82) is 0 Å². The zero-order chi connectivity index (χ0) is 9.64. The van der Waals surface area contributed by atoms with Gasteiger partial charge in [-0.3, -0.25) is 0 Å². The van der Waals surface area contributed by atoms with Crippen LogP contribution in [0.3, 0.4) is 0 Å². The highest BCUT2D eigenvalue weighted by molar-refractivity contribution is 7.97. The summed E-state index contributed by atoms with van der Waals surface area (Å²) in [7, 11) is 0. The molecule has 0 aromatic carbocycles. The van der Waals surface area contributed by atoms with Crippen molar-refractivity contribution in [1.82, 2.24) is 4.31 Å². The van der Waals surface area contributed by atoms with Crippen LogP contribution in [0.1, 0.15) is 57.8 Å². The summed E-state index contributed by atoms with van der Waals surface area (Å²) in [4.78, 5) is 0. The van der Waals surface area contributed by atoms with Crippen LogP contribution in [-0.2, 0) is 0 Å². The highest BCUT2D eigenvalue weighted by Crippen LogP contribution is 2.29. The van der Waals surface area contributed by atoms with Crippen molar-refractivity contribution in [2.45, 2.75) is 63.8 Å². The average Bonchev–Trinajstić information content (AvgIpc) is 2.62. The molecule has 1 aliphatic heterocycles. The maximum atomic E-state index is 2.72. The molecule has 1 heterocycles. The van der Waals surface area contributed by atoms with Crippen LogP contribution in [-0.4, -0.2) is 22.6 Å². The number of rotatable bonds is 1. The van der Waals surface area contributed by atoms with Gasteiger partial charge in [-0.05, 0) is 25.7 Å². The SMILES string of the molecule is C1CCCC(N2CCCCCS2)CC1. The lowest BCUT2D eigenvalue weighted by Gasteiger charge is -2.28. The van der Waals surface area contributed by atoms with Crippen molar-refractivity contribution in [3.8, 4) is 0 Å². The van der Waals surface area contributed by atoms with Gasteiger partial charge in [0.1, 0.15) is 0 Å². The van der Waals surface area contributed by atoms with Crippen LogP contribution in [0, 0.1) is 0 Å². The van der Waals surface area contributed by atoms with E-state index in [1.165, 1.54) is 70.1 Å². The van der Waals surface area contributed by atoms with E-state index >= 15 is 0 Å². The van der Waals surface area contributed by atoms with E-state index in [2.05, 4.69) is 16.3 Å². The second kappa shape index (κ2) is 6.02. The molecule has 0 aromatic rings. The van der Waals surface area contributed by atoms with Crippen molar-refractivity contribution in [3.63, 3.8) is 0 Å². The van der Waals surface area contributed by atoms with Crippen LogP contribution in [0.25, 0.3) is 0 Å². The van der Waals surface area contributed by atoms with Crippen LogP contribution in [0.5, 0.6) is 0 Å². The van der Waals surface area contributed by atoms with E-state index in [-0.39, 0.29) is 0 Å². The van der Waals surface area contributed by atoms with E-state index < -0.39 is 0 Å². The normalized spacial score (nSPS) is 28.3. The van der Waals surface area contributed by atoms with Crippen molar-refractivity contribution in [2.75, 3.05) is 12.3 Å².